The molecule has 0 saturated carbocycles. The second-order valence-electron chi connectivity index (χ2n) is 5.22. The Balaban J connectivity index is 1.83. The van der Waals surface area contributed by atoms with Crippen LogP contribution in [0, 0.1) is 5.92 Å². The Morgan fingerprint density at radius 1 is 1.42 bits per heavy atom. The van der Waals surface area contributed by atoms with Gasteiger partial charge in [0.15, 0.2) is 0 Å². The van der Waals surface area contributed by atoms with Gasteiger partial charge in [-0.2, -0.15) is 12.6 Å². The number of thiol groups is 1. The first-order valence-electron chi connectivity index (χ1n) is 6.97. The van der Waals surface area contributed by atoms with E-state index in [1.54, 1.807) is 4.90 Å². The van der Waals surface area contributed by atoms with Gasteiger partial charge in [-0.15, -0.1) is 0 Å². The van der Waals surface area contributed by atoms with Crippen molar-refractivity contribution < 1.29 is 14.3 Å². The smallest absolute Gasteiger partial charge is 0.409 e. The lowest BCUT2D eigenvalue weighted by molar-refractivity contribution is -0.130. The molecule has 1 unspecified atom stereocenters. The maximum Gasteiger partial charge on any atom is 0.409 e. The van der Waals surface area contributed by atoms with E-state index in [1.165, 1.54) is 0 Å². The predicted molar refractivity (Wildman–Crippen MR) is 75.3 cm³/mol. The minimum Gasteiger partial charge on any atom is -0.450 e. The molecule has 0 aromatic rings. The molecule has 0 radical (unpaired) electrons. The van der Waals surface area contributed by atoms with Crippen molar-refractivity contribution in [1.82, 2.24) is 9.80 Å². The maximum atomic E-state index is 11.9. The topological polar surface area (TPSA) is 49.9 Å². The van der Waals surface area contributed by atoms with E-state index in [9.17, 15) is 9.59 Å². The van der Waals surface area contributed by atoms with Gasteiger partial charge in [0.05, 0.1) is 6.61 Å². The van der Waals surface area contributed by atoms with Crippen LogP contribution >= 0.6 is 12.6 Å². The van der Waals surface area contributed by atoms with Crippen molar-refractivity contribution in [3.8, 4) is 0 Å². The molecule has 2 aliphatic rings. The normalized spacial score (nSPS) is 24.9. The van der Waals surface area contributed by atoms with E-state index in [1.807, 2.05) is 11.8 Å². The quantitative estimate of drug-likeness (QED) is 0.798. The number of ether oxygens (including phenoxy) is 1. The van der Waals surface area contributed by atoms with E-state index in [-0.39, 0.29) is 18.0 Å². The third-order valence-electron chi connectivity index (χ3n) is 3.93. The Morgan fingerprint density at radius 2 is 2.11 bits per heavy atom. The highest BCUT2D eigenvalue weighted by atomic mass is 32.1. The Bertz CT molecular complexity index is 343. The van der Waals surface area contributed by atoms with Gasteiger partial charge in [0.2, 0.25) is 5.91 Å². The van der Waals surface area contributed by atoms with Crippen molar-refractivity contribution in [3.05, 3.63) is 0 Å². The van der Waals surface area contributed by atoms with Crippen molar-refractivity contribution in [3.63, 3.8) is 0 Å². The molecule has 2 aliphatic heterocycles. The molecule has 0 aromatic heterocycles. The lowest BCUT2D eigenvalue weighted by Crippen LogP contribution is -2.47. The molecule has 1 atom stereocenters. The van der Waals surface area contributed by atoms with Crippen LogP contribution in [0.15, 0.2) is 0 Å². The van der Waals surface area contributed by atoms with Crippen LogP contribution in [0.2, 0.25) is 0 Å². The molecule has 5 nitrogen and oxygen atoms in total. The molecular formula is C13H22N2O3S. The van der Waals surface area contributed by atoms with E-state index >= 15 is 0 Å². The van der Waals surface area contributed by atoms with Crippen LogP contribution in [0.4, 0.5) is 4.79 Å². The molecule has 2 amide bonds. The summed E-state index contributed by atoms with van der Waals surface area (Å²) >= 11 is 4.28. The first-order valence-corrected chi connectivity index (χ1v) is 7.61. The van der Waals surface area contributed by atoms with Crippen LogP contribution in [0.5, 0.6) is 0 Å². The third-order valence-corrected chi connectivity index (χ3v) is 4.44. The fourth-order valence-corrected chi connectivity index (χ4v) is 3.10. The average Bonchev–Trinajstić information content (AvgIpc) is 2.80. The summed E-state index contributed by atoms with van der Waals surface area (Å²) < 4.78 is 4.99. The number of likely N-dealkylation sites (tertiary alicyclic amines) is 2. The van der Waals surface area contributed by atoms with Gasteiger partial charge in [-0.3, -0.25) is 4.79 Å². The monoisotopic (exact) mass is 286 g/mol. The van der Waals surface area contributed by atoms with E-state index in [4.69, 9.17) is 4.74 Å². The molecule has 0 spiro atoms. The Labute approximate surface area is 119 Å². The minimum absolute atomic E-state index is 0.234. The fourth-order valence-electron chi connectivity index (χ4n) is 2.86. The van der Waals surface area contributed by atoms with Gasteiger partial charge in [0.1, 0.15) is 0 Å². The van der Waals surface area contributed by atoms with Gasteiger partial charge >= 0.3 is 6.09 Å². The highest BCUT2D eigenvalue weighted by Gasteiger charge is 2.35. The number of carbonyl (C=O) groups is 2. The molecule has 2 rings (SSSR count). The number of nitrogens with zero attached hydrogens (tertiary/aromatic N) is 2. The van der Waals surface area contributed by atoms with Crippen molar-refractivity contribution in [1.29, 1.82) is 0 Å². The minimum atomic E-state index is -0.234. The number of piperidine rings is 1. The Hall–Kier alpha value is -0.910. The van der Waals surface area contributed by atoms with Crippen LogP contribution in [-0.2, 0) is 9.53 Å². The standard InChI is InChI=1S/C13H22N2O3S/c1-2-18-13(17)14-5-3-11(4-6-14)15-8-10(9-19)7-12(15)16/h10-11,19H,2-9H2,1H3. The number of amides is 2. The lowest BCUT2D eigenvalue weighted by Gasteiger charge is -2.36. The fraction of sp³-hybridized carbons (Fsp3) is 0.846. The first-order chi connectivity index (χ1) is 9.15. The molecule has 0 bridgehead atoms. The highest BCUT2D eigenvalue weighted by Crippen LogP contribution is 2.26. The SMILES string of the molecule is CCOC(=O)N1CCC(N2CC(CS)CC2=O)CC1. The molecule has 19 heavy (non-hydrogen) atoms. The van der Waals surface area contributed by atoms with Gasteiger partial charge in [-0.1, -0.05) is 0 Å². The summed E-state index contributed by atoms with van der Waals surface area (Å²) in [6, 6.07) is 0.281. The van der Waals surface area contributed by atoms with Gasteiger partial charge in [-0.05, 0) is 31.4 Å². The highest BCUT2D eigenvalue weighted by molar-refractivity contribution is 7.80. The van der Waals surface area contributed by atoms with E-state index < -0.39 is 0 Å². The number of carbonyl (C=O) groups excluding carboxylic acids is 2. The second kappa shape index (κ2) is 6.50. The molecular weight excluding hydrogens is 264 g/mol. The maximum absolute atomic E-state index is 11.9. The second-order valence-corrected chi connectivity index (χ2v) is 5.58. The number of rotatable bonds is 3. The molecule has 2 saturated heterocycles. The zero-order valence-corrected chi connectivity index (χ0v) is 12.3. The van der Waals surface area contributed by atoms with Crippen LogP contribution < -0.4 is 0 Å². The number of hydrogen-bond acceptors (Lipinski definition) is 4. The largest absolute Gasteiger partial charge is 0.450 e. The molecule has 0 N–H and O–H groups in total. The zero-order chi connectivity index (χ0) is 13.8. The van der Waals surface area contributed by atoms with E-state index in [0.717, 1.165) is 25.1 Å². The van der Waals surface area contributed by atoms with Crippen molar-refractivity contribution in [2.24, 2.45) is 5.92 Å². The lowest BCUT2D eigenvalue weighted by atomic mass is 10.0. The predicted octanol–water partition coefficient (Wildman–Crippen LogP) is 1.39. The Kier molecular flexibility index (Phi) is 4.96. The summed E-state index contributed by atoms with van der Waals surface area (Å²) in [5.74, 6) is 1.40. The average molecular weight is 286 g/mol. The summed E-state index contributed by atoms with van der Waals surface area (Å²) in [6.45, 7) is 4.40. The van der Waals surface area contributed by atoms with Crippen LogP contribution in [0.25, 0.3) is 0 Å². The molecule has 108 valence electrons. The van der Waals surface area contributed by atoms with Crippen LogP contribution in [0.3, 0.4) is 0 Å². The van der Waals surface area contributed by atoms with Gasteiger partial charge < -0.3 is 14.5 Å². The van der Waals surface area contributed by atoms with Crippen molar-refractivity contribution >= 4 is 24.6 Å². The molecule has 0 aromatic carbocycles. The van der Waals surface area contributed by atoms with Crippen molar-refractivity contribution in [2.75, 3.05) is 32.0 Å². The summed E-state index contributed by atoms with van der Waals surface area (Å²) in [7, 11) is 0. The zero-order valence-electron chi connectivity index (χ0n) is 11.4. The molecule has 6 heteroatoms. The summed E-state index contributed by atoms with van der Waals surface area (Å²) in [4.78, 5) is 27.3. The number of hydrogen-bond donors (Lipinski definition) is 1. The summed E-state index contributed by atoms with van der Waals surface area (Å²) in [5, 5.41) is 0. The third kappa shape index (κ3) is 3.35. The molecule has 2 fully saturated rings. The molecule has 0 aliphatic carbocycles. The molecule has 2 heterocycles. The van der Waals surface area contributed by atoms with Gasteiger partial charge in [0, 0.05) is 32.1 Å². The van der Waals surface area contributed by atoms with Crippen LogP contribution in [-0.4, -0.2) is 59.8 Å². The van der Waals surface area contributed by atoms with Crippen LogP contribution in [0.1, 0.15) is 26.2 Å². The van der Waals surface area contributed by atoms with Crippen molar-refractivity contribution in [2.45, 2.75) is 32.2 Å². The summed E-state index contributed by atoms with van der Waals surface area (Å²) in [6.07, 6.45) is 2.09. The van der Waals surface area contributed by atoms with Gasteiger partial charge in [-0.25, -0.2) is 4.79 Å². The van der Waals surface area contributed by atoms with E-state index in [2.05, 4.69) is 12.6 Å². The summed E-state index contributed by atoms with van der Waals surface area (Å²) in [5.41, 5.74) is 0. The Morgan fingerprint density at radius 3 is 2.63 bits per heavy atom. The van der Waals surface area contributed by atoms with E-state index in [0.29, 0.717) is 32.0 Å². The first kappa shape index (κ1) is 14.5. The van der Waals surface area contributed by atoms with Gasteiger partial charge in [0.25, 0.3) is 0 Å².